The van der Waals surface area contributed by atoms with Gasteiger partial charge in [-0.1, -0.05) is 12.1 Å². The monoisotopic (exact) mass is 423 g/mol. The van der Waals surface area contributed by atoms with Crippen molar-refractivity contribution in [2.75, 3.05) is 40.1 Å². The number of ether oxygens (including phenoxy) is 3. The number of hydrogen-bond donors (Lipinski definition) is 2. The van der Waals surface area contributed by atoms with Gasteiger partial charge in [-0.2, -0.15) is 0 Å². The van der Waals surface area contributed by atoms with E-state index < -0.39 is 0 Å². The number of rotatable bonds is 6. The molecule has 0 radical (unpaired) electrons. The highest BCUT2D eigenvalue weighted by atomic mass is 16.7. The number of carbonyl (C=O) groups is 1. The summed E-state index contributed by atoms with van der Waals surface area (Å²) in [6.45, 7) is 3.94. The third-order valence-electron chi connectivity index (χ3n) is 6.59. The fraction of sp³-hybridized carbons (Fsp3) is 0.458. The fourth-order valence-electron chi connectivity index (χ4n) is 4.92. The molecule has 2 saturated heterocycles. The van der Waals surface area contributed by atoms with Crippen LogP contribution in [-0.2, 0) is 0 Å². The molecule has 3 atom stereocenters. The van der Waals surface area contributed by atoms with E-state index in [1.54, 1.807) is 7.11 Å². The molecule has 2 aromatic rings. The van der Waals surface area contributed by atoms with Gasteiger partial charge in [0.2, 0.25) is 6.79 Å². The molecule has 0 amide bonds. The Kier molecular flexibility index (Phi) is 5.80. The number of fused-ring (bicyclic) bond motifs is 1. The van der Waals surface area contributed by atoms with Crippen LogP contribution >= 0.6 is 0 Å². The third-order valence-corrected chi connectivity index (χ3v) is 6.59. The van der Waals surface area contributed by atoms with Crippen LogP contribution in [0.2, 0.25) is 0 Å². The van der Waals surface area contributed by atoms with Crippen LogP contribution in [0.15, 0.2) is 42.5 Å². The van der Waals surface area contributed by atoms with Gasteiger partial charge >= 0.3 is 0 Å². The van der Waals surface area contributed by atoms with E-state index >= 15 is 0 Å². The number of likely N-dealkylation sites (tertiary alicyclic amines) is 1. The van der Waals surface area contributed by atoms with Crippen LogP contribution in [0.3, 0.4) is 0 Å². The molecule has 3 aliphatic rings. The number of nitrogens with zero attached hydrogens (tertiary/aromatic N) is 1. The summed E-state index contributed by atoms with van der Waals surface area (Å²) in [4.78, 5) is 15.6. The number of carbonyl (C=O) groups excluding carboxylic acids is 1. The molecule has 7 nitrogen and oxygen atoms in total. The zero-order chi connectivity index (χ0) is 21.2. The van der Waals surface area contributed by atoms with Crippen molar-refractivity contribution in [1.82, 2.24) is 15.8 Å². The summed E-state index contributed by atoms with van der Waals surface area (Å²) >= 11 is 0. The maximum atomic E-state index is 13.2. The number of hydrazine groups is 1. The van der Waals surface area contributed by atoms with Gasteiger partial charge in [-0.25, -0.2) is 5.43 Å². The molecule has 2 N–H and O–H groups in total. The van der Waals surface area contributed by atoms with Crippen molar-refractivity contribution in [3.63, 3.8) is 0 Å². The first-order chi connectivity index (χ1) is 15.2. The molecule has 3 heterocycles. The number of hydrogen-bond acceptors (Lipinski definition) is 7. The molecule has 2 aromatic carbocycles. The molecule has 0 aliphatic carbocycles. The molecule has 164 valence electrons. The van der Waals surface area contributed by atoms with Gasteiger partial charge in [0.1, 0.15) is 5.75 Å². The van der Waals surface area contributed by atoms with E-state index in [9.17, 15) is 4.79 Å². The average molecular weight is 424 g/mol. The van der Waals surface area contributed by atoms with E-state index in [1.807, 2.05) is 30.3 Å². The Bertz CT molecular complexity index is 933. The van der Waals surface area contributed by atoms with E-state index in [4.69, 9.17) is 14.2 Å². The molecule has 0 spiro atoms. The molecule has 0 saturated carbocycles. The maximum absolute atomic E-state index is 13.2. The summed E-state index contributed by atoms with van der Waals surface area (Å²) in [5.41, 5.74) is 8.72. The van der Waals surface area contributed by atoms with E-state index in [0.29, 0.717) is 17.4 Å². The number of Topliss-reactive ketones (excluding diaryl/α,β-unsaturated/α-hetero) is 1. The minimum Gasteiger partial charge on any atom is -0.497 e. The van der Waals surface area contributed by atoms with Crippen LogP contribution < -0.4 is 25.1 Å². The summed E-state index contributed by atoms with van der Waals surface area (Å²) in [7, 11) is 1.69. The van der Waals surface area contributed by atoms with Crippen molar-refractivity contribution < 1.29 is 19.0 Å². The lowest BCUT2D eigenvalue weighted by molar-refractivity contribution is 0.0798. The first kappa shape index (κ1) is 20.3. The predicted octanol–water partition coefficient (Wildman–Crippen LogP) is 2.78. The molecular formula is C24H29N3O4. The lowest BCUT2D eigenvalue weighted by atomic mass is 9.88. The van der Waals surface area contributed by atoms with E-state index in [2.05, 4.69) is 27.9 Å². The smallest absolute Gasteiger partial charge is 0.231 e. The second-order valence-corrected chi connectivity index (χ2v) is 8.57. The fourth-order valence-corrected chi connectivity index (χ4v) is 4.92. The number of ketones is 1. The van der Waals surface area contributed by atoms with Crippen LogP contribution in [0.25, 0.3) is 0 Å². The quantitative estimate of drug-likeness (QED) is 0.693. The van der Waals surface area contributed by atoms with Crippen LogP contribution in [-0.4, -0.2) is 50.8 Å². The normalized spacial score (nSPS) is 25.5. The van der Waals surface area contributed by atoms with Gasteiger partial charge in [0.05, 0.1) is 13.2 Å². The molecule has 0 bridgehead atoms. The minimum absolute atomic E-state index is 0.0240. The maximum Gasteiger partial charge on any atom is 0.231 e. The standard InChI is InChI=1S/C24H29N3O4/c1-29-20-7-4-16(5-8-20)23-19(12-25-26-23)14-27-10-2-3-18(13-27)24(28)17-6-9-21-22(11-17)31-15-30-21/h4-9,11,18-19,23,25-26H,2-3,10,12-15H2,1H3. The summed E-state index contributed by atoms with van der Waals surface area (Å²) in [5.74, 6) is 2.92. The highest BCUT2D eigenvalue weighted by Gasteiger charge is 2.33. The Hall–Kier alpha value is -2.61. The van der Waals surface area contributed by atoms with Crippen molar-refractivity contribution in [2.24, 2.45) is 11.8 Å². The molecular weight excluding hydrogens is 394 g/mol. The molecule has 0 aromatic heterocycles. The van der Waals surface area contributed by atoms with Crippen molar-refractivity contribution in [2.45, 2.75) is 18.9 Å². The van der Waals surface area contributed by atoms with Gasteiger partial charge in [0.15, 0.2) is 17.3 Å². The number of piperidine rings is 1. The Morgan fingerprint density at radius 3 is 2.84 bits per heavy atom. The predicted molar refractivity (Wildman–Crippen MR) is 116 cm³/mol. The van der Waals surface area contributed by atoms with Crippen molar-refractivity contribution in [1.29, 1.82) is 0 Å². The van der Waals surface area contributed by atoms with Crippen LogP contribution in [0.4, 0.5) is 0 Å². The van der Waals surface area contributed by atoms with E-state index in [0.717, 1.165) is 50.3 Å². The summed E-state index contributed by atoms with van der Waals surface area (Å²) in [5, 5.41) is 0. The van der Waals surface area contributed by atoms with Gasteiger partial charge in [-0.15, -0.1) is 0 Å². The van der Waals surface area contributed by atoms with Crippen molar-refractivity contribution >= 4 is 5.78 Å². The number of nitrogens with one attached hydrogen (secondary N) is 2. The van der Waals surface area contributed by atoms with Crippen molar-refractivity contribution in [3.8, 4) is 17.2 Å². The van der Waals surface area contributed by atoms with Gasteiger partial charge in [0.25, 0.3) is 0 Å². The number of methoxy groups -OCH3 is 1. The highest BCUT2D eigenvalue weighted by molar-refractivity contribution is 5.98. The Morgan fingerprint density at radius 1 is 1.16 bits per heavy atom. The lowest BCUT2D eigenvalue weighted by Crippen LogP contribution is -2.42. The Labute approximate surface area is 182 Å². The van der Waals surface area contributed by atoms with E-state index in [1.165, 1.54) is 5.56 Å². The highest BCUT2D eigenvalue weighted by Crippen LogP contribution is 2.34. The van der Waals surface area contributed by atoms with Gasteiger partial charge in [-0.05, 0) is 55.3 Å². The zero-order valence-corrected chi connectivity index (χ0v) is 17.8. The minimum atomic E-state index is 0.0240. The SMILES string of the molecule is COc1ccc(C2NNCC2CN2CCCC(C(=O)c3ccc4c(c3)OCO4)C2)cc1. The second-order valence-electron chi connectivity index (χ2n) is 8.57. The molecule has 2 fully saturated rings. The Balaban J connectivity index is 1.23. The molecule has 3 aliphatic heterocycles. The van der Waals surface area contributed by atoms with Gasteiger partial charge in [0, 0.05) is 37.0 Å². The summed E-state index contributed by atoms with van der Waals surface area (Å²) in [6.07, 6.45) is 1.98. The van der Waals surface area contributed by atoms with Crippen LogP contribution in [0.5, 0.6) is 17.2 Å². The summed E-state index contributed by atoms with van der Waals surface area (Å²) < 4.78 is 16.1. The summed E-state index contributed by atoms with van der Waals surface area (Å²) in [6, 6.07) is 14.0. The average Bonchev–Trinajstić information content (AvgIpc) is 3.48. The second kappa shape index (κ2) is 8.86. The molecule has 3 unspecified atom stereocenters. The largest absolute Gasteiger partial charge is 0.497 e. The van der Waals surface area contributed by atoms with Crippen LogP contribution in [0.1, 0.15) is 34.8 Å². The first-order valence-corrected chi connectivity index (χ1v) is 11.0. The number of benzene rings is 2. The lowest BCUT2D eigenvalue weighted by Gasteiger charge is -2.34. The van der Waals surface area contributed by atoms with Gasteiger partial charge in [-0.3, -0.25) is 10.2 Å². The van der Waals surface area contributed by atoms with E-state index in [-0.39, 0.29) is 24.5 Å². The first-order valence-electron chi connectivity index (χ1n) is 11.0. The topological polar surface area (TPSA) is 72.1 Å². The molecule has 31 heavy (non-hydrogen) atoms. The van der Waals surface area contributed by atoms with Crippen LogP contribution in [0, 0.1) is 11.8 Å². The third kappa shape index (κ3) is 4.26. The molecule has 7 heteroatoms. The molecule has 5 rings (SSSR count). The Morgan fingerprint density at radius 2 is 2.00 bits per heavy atom. The van der Waals surface area contributed by atoms with Crippen molar-refractivity contribution in [3.05, 3.63) is 53.6 Å². The van der Waals surface area contributed by atoms with Gasteiger partial charge < -0.3 is 19.1 Å². The zero-order valence-electron chi connectivity index (χ0n) is 17.8.